The molecule has 0 N–H and O–H groups in total. The van der Waals surface area contributed by atoms with Crippen LogP contribution < -0.4 is 4.90 Å². The third kappa shape index (κ3) is 3.70. The van der Waals surface area contributed by atoms with Gasteiger partial charge in [-0.15, -0.1) is 0 Å². The number of nitrogens with zero attached hydrogens (tertiary/aromatic N) is 2. The normalized spacial score (nSPS) is 19.0. The number of aryl methyl sites for hydroxylation is 1. The zero-order valence-corrected chi connectivity index (χ0v) is 12.4. The van der Waals surface area contributed by atoms with Gasteiger partial charge in [-0.25, -0.2) is 4.98 Å². The number of thioether (sulfide) groups is 1. The van der Waals surface area contributed by atoms with Crippen LogP contribution in [0.5, 0.6) is 0 Å². The molecule has 1 amide bonds. The Morgan fingerprint density at radius 1 is 1.58 bits per heavy atom. The summed E-state index contributed by atoms with van der Waals surface area (Å²) in [7, 11) is 0. The van der Waals surface area contributed by atoms with Crippen molar-refractivity contribution in [3.05, 3.63) is 23.0 Å². The van der Waals surface area contributed by atoms with E-state index < -0.39 is 0 Å². The predicted octanol–water partition coefficient (Wildman–Crippen LogP) is 2.68. The van der Waals surface area contributed by atoms with Crippen LogP contribution in [-0.2, 0) is 9.59 Å². The highest BCUT2D eigenvalue weighted by Crippen LogP contribution is 2.29. The summed E-state index contributed by atoms with van der Waals surface area (Å²) in [5.41, 5.74) is 1.58. The summed E-state index contributed by atoms with van der Waals surface area (Å²) < 4.78 is 0. The number of carbonyl (C=O) groups excluding carboxylic acids is 2. The number of rotatable bonds is 3. The Bertz CT molecular complexity index is 501. The van der Waals surface area contributed by atoms with Gasteiger partial charge in [-0.1, -0.05) is 23.4 Å². The Kier molecular flexibility index (Phi) is 4.47. The van der Waals surface area contributed by atoms with E-state index in [1.54, 1.807) is 17.9 Å². The van der Waals surface area contributed by atoms with Crippen molar-refractivity contribution in [3.63, 3.8) is 0 Å². The molecular weight excluding hydrogens is 284 g/mol. The first kappa shape index (κ1) is 14.3. The van der Waals surface area contributed by atoms with Gasteiger partial charge in [-0.3, -0.25) is 9.59 Å². The zero-order chi connectivity index (χ0) is 14.0. The van der Waals surface area contributed by atoms with Gasteiger partial charge in [-0.2, -0.15) is 0 Å². The summed E-state index contributed by atoms with van der Waals surface area (Å²) in [5, 5.41) is 0.484. The summed E-state index contributed by atoms with van der Waals surface area (Å²) in [5.74, 6) is 0.986. The highest BCUT2D eigenvalue weighted by Gasteiger charge is 2.31. The van der Waals surface area contributed by atoms with Gasteiger partial charge < -0.3 is 4.90 Å². The molecule has 1 aromatic heterocycles. The van der Waals surface area contributed by atoms with Crippen molar-refractivity contribution in [1.82, 2.24) is 4.98 Å². The maximum absolute atomic E-state index is 12.0. The van der Waals surface area contributed by atoms with E-state index >= 15 is 0 Å². The standard InChI is InChI=1S/C13H15ClN2O2S/c1-8-3-11(5-12(14)15-8)16-6-10(4-13(16)18)7-19-9(2)17/h3,5,10H,4,6-7H2,1-2H3. The smallest absolute Gasteiger partial charge is 0.227 e. The summed E-state index contributed by atoms with van der Waals surface area (Å²) in [6.07, 6.45) is 0.485. The Morgan fingerprint density at radius 3 is 2.95 bits per heavy atom. The number of amides is 1. The van der Waals surface area contributed by atoms with Gasteiger partial charge in [0.1, 0.15) is 5.15 Å². The molecule has 1 fully saturated rings. The van der Waals surface area contributed by atoms with Crippen molar-refractivity contribution in [2.45, 2.75) is 20.3 Å². The quantitative estimate of drug-likeness (QED) is 0.805. The van der Waals surface area contributed by atoms with Crippen molar-refractivity contribution >= 4 is 40.1 Å². The van der Waals surface area contributed by atoms with Gasteiger partial charge in [0, 0.05) is 37.0 Å². The minimum absolute atomic E-state index is 0.0795. The number of hydrogen-bond acceptors (Lipinski definition) is 4. The Balaban J connectivity index is 2.09. The maximum atomic E-state index is 12.0. The Hall–Kier alpha value is -1.07. The van der Waals surface area contributed by atoms with Crippen LogP contribution in [0.25, 0.3) is 0 Å². The fourth-order valence-corrected chi connectivity index (χ4v) is 3.08. The molecule has 102 valence electrons. The molecule has 19 heavy (non-hydrogen) atoms. The van der Waals surface area contributed by atoms with Crippen LogP contribution in [0.1, 0.15) is 19.0 Å². The Labute approximate surface area is 121 Å². The van der Waals surface area contributed by atoms with E-state index in [1.807, 2.05) is 13.0 Å². The summed E-state index contributed by atoms with van der Waals surface area (Å²) in [6, 6.07) is 3.55. The van der Waals surface area contributed by atoms with Gasteiger partial charge in [0.15, 0.2) is 5.12 Å². The largest absolute Gasteiger partial charge is 0.312 e. The van der Waals surface area contributed by atoms with E-state index in [4.69, 9.17) is 11.6 Å². The predicted molar refractivity (Wildman–Crippen MR) is 77.6 cm³/mol. The fourth-order valence-electron chi connectivity index (χ4n) is 2.14. The highest BCUT2D eigenvalue weighted by atomic mass is 35.5. The molecule has 1 saturated heterocycles. The second-order valence-corrected chi connectivity index (χ2v) is 6.25. The molecule has 0 spiro atoms. The van der Waals surface area contributed by atoms with Gasteiger partial charge in [-0.05, 0) is 25.0 Å². The van der Waals surface area contributed by atoms with Crippen molar-refractivity contribution < 1.29 is 9.59 Å². The molecule has 0 bridgehead atoms. The van der Waals surface area contributed by atoms with E-state index in [-0.39, 0.29) is 16.9 Å². The van der Waals surface area contributed by atoms with Gasteiger partial charge in [0.05, 0.1) is 0 Å². The SMILES string of the molecule is CC(=O)SCC1CC(=O)N(c2cc(C)nc(Cl)c2)C1. The number of hydrogen-bond donors (Lipinski definition) is 0. The minimum atomic E-state index is 0.0795. The lowest BCUT2D eigenvalue weighted by Gasteiger charge is -2.17. The molecule has 1 atom stereocenters. The van der Waals surface area contributed by atoms with Gasteiger partial charge in [0.2, 0.25) is 5.91 Å². The first-order valence-electron chi connectivity index (χ1n) is 6.03. The summed E-state index contributed by atoms with van der Waals surface area (Å²) in [6.45, 7) is 4.03. The number of carbonyl (C=O) groups is 2. The first-order chi connectivity index (χ1) is 8.95. The van der Waals surface area contributed by atoms with Crippen molar-refractivity contribution in [1.29, 1.82) is 0 Å². The lowest BCUT2D eigenvalue weighted by atomic mass is 10.1. The van der Waals surface area contributed by atoms with Crippen molar-refractivity contribution in [2.75, 3.05) is 17.2 Å². The maximum Gasteiger partial charge on any atom is 0.227 e. The molecule has 2 heterocycles. The monoisotopic (exact) mass is 298 g/mol. The fraction of sp³-hybridized carbons (Fsp3) is 0.462. The number of aromatic nitrogens is 1. The number of halogens is 1. The van der Waals surface area contributed by atoms with Crippen LogP contribution in [0.2, 0.25) is 5.15 Å². The second kappa shape index (κ2) is 5.92. The Morgan fingerprint density at radius 2 is 2.32 bits per heavy atom. The first-order valence-corrected chi connectivity index (χ1v) is 7.40. The minimum Gasteiger partial charge on any atom is -0.312 e. The molecule has 0 radical (unpaired) electrons. The van der Waals surface area contributed by atoms with E-state index in [0.717, 1.165) is 11.4 Å². The van der Waals surface area contributed by atoms with Crippen LogP contribution in [0.4, 0.5) is 5.69 Å². The molecule has 6 heteroatoms. The number of pyridine rings is 1. The van der Waals surface area contributed by atoms with E-state index in [9.17, 15) is 9.59 Å². The van der Waals surface area contributed by atoms with E-state index in [2.05, 4.69) is 4.98 Å². The lowest BCUT2D eigenvalue weighted by Crippen LogP contribution is -2.25. The molecule has 2 rings (SSSR count). The second-order valence-electron chi connectivity index (χ2n) is 4.67. The van der Waals surface area contributed by atoms with Crippen molar-refractivity contribution in [3.8, 4) is 0 Å². The highest BCUT2D eigenvalue weighted by molar-refractivity contribution is 8.13. The molecule has 0 saturated carbocycles. The summed E-state index contributed by atoms with van der Waals surface area (Å²) >= 11 is 7.20. The number of anilines is 1. The van der Waals surface area contributed by atoms with E-state index in [1.165, 1.54) is 11.8 Å². The molecular formula is C13H15ClN2O2S. The molecule has 1 aliphatic rings. The topological polar surface area (TPSA) is 50.3 Å². The van der Waals surface area contributed by atoms with Gasteiger partial charge >= 0.3 is 0 Å². The zero-order valence-electron chi connectivity index (χ0n) is 10.9. The molecule has 1 aromatic rings. The van der Waals surface area contributed by atoms with Crippen LogP contribution >= 0.6 is 23.4 Å². The molecule has 1 aliphatic heterocycles. The van der Waals surface area contributed by atoms with Crippen LogP contribution in [0, 0.1) is 12.8 Å². The average Bonchev–Trinajstić information content (AvgIpc) is 2.66. The molecule has 0 aliphatic carbocycles. The molecule has 1 unspecified atom stereocenters. The van der Waals surface area contributed by atoms with E-state index in [0.29, 0.717) is 23.9 Å². The summed E-state index contributed by atoms with van der Waals surface area (Å²) in [4.78, 5) is 28.8. The van der Waals surface area contributed by atoms with Crippen LogP contribution in [0.3, 0.4) is 0 Å². The molecule has 0 aromatic carbocycles. The van der Waals surface area contributed by atoms with Crippen molar-refractivity contribution in [2.24, 2.45) is 5.92 Å². The van der Waals surface area contributed by atoms with Crippen LogP contribution in [-0.4, -0.2) is 28.3 Å². The van der Waals surface area contributed by atoms with Gasteiger partial charge in [0.25, 0.3) is 0 Å². The van der Waals surface area contributed by atoms with Crippen LogP contribution in [0.15, 0.2) is 12.1 Å². The lowest BCUT2D eigenvalue weighted by molar-refractivity contribution is -0.117. The molecule has 4 nitrogen and oxygen atoms in total. The third-order valence-corrected chi connectivity index (χ3v) is 4.18. The third-order valence-electron chi connectivity index (χ3n) is 2.95. The average molecular weight is 299 g/mol.